The lowest BCUT2D eigenvalue weighted by molar-refractivity contribution is -0.115. The van der Waals surface area contributed by atoms with Crippen molar-refractivity contribution in [1.29, 1.82) is 0 Å². The van der Waals surface area contributed by atoms with Gasteiger partial charge in [0.05, 0.1) is 54.0 Å². The van der Waals surface area contributed by atoms with Crippen molar-refractivity contribution in [3.8, 4) is 34.5 Å². The van der Waals surface area contributed by atoms with Gasteiger partial charge in [0.1, 0.15) is 0 Å². The normalized spacial score (nSPS) is 13.0. The fourth-order valence-corrected chi connectivity index (χ4v) is 5.00. The smallest absolute Gasteiger partial charge is 0.251 e. The second kappa shape index (κ2) is 15.9. The lowest BCUT2D eigenvalue weighted by atomic mass is 10.1. The Kier molecular flexibility index (Phi) is 11.5. The molecule has 3 aromatic rings. The number of amides is 2. The zero-order valence-electron chi connectivity index (χ0n) is 26.8. The quantitative estimate of drug-likeness (QED) is 0.180. The third-order valence-electron chi connectivity index (χ3n) is 7.19. The summed E-state index contributed by atoms with van der Waals surface area (Å²) in [7, 11) is 9.33. The number of hydrogen-bond acceptors (Lipinski definition) is 8. The number of carbonyl (C=O) groups excluding carboxylic acids is 2. The monoisotopic (exact) mass is 626 g/mol. The van der Waals surface area contributed by atoms with Crippen LogP contribution in [0.2, 0.25) is 0 Å². The van der Waals surface area contributed by atoms with Gasteiger partial charge < -0.3 is 38.2 Å². The summed E-state index contributed by atoms with van der Waals surface area (Å²) in [6.45, 7) is 0.690. The van der Waals surface area contributed by atoms with Crippen molar-refractivity contribution >= 4 is 35.3 Å². The summed E-state index contributed by atoms with van der Waals surface area (Å²) in [4.78, 5) is 29.7. The fraction of sp³-hybridized carbons (Fsp3) is 0.222. The molecule has 0 bridgehead atoms. The molecule has 4 rings (SSSR count). The maximum Gasteiger partial charge on any atom is 0.251 e. The minimum absolute atomic E-state index is 0.196. The second-order valence-electron chi connectivity index (χ2n) is 9.82. The highest BCUT2D eigenvalue weighted by Crippen LogP contribution is 2.39. The molecule has 0 aliphatic carbocycles. The average Bonchev–Trinajstić information content (AvgIpc) is 3.09. The third-order valence-corrected chi connectivity index (χ3v) is 7.19. The number of fused-ring (bicyclic) bond motifs is 1. The first-order chi connectivity index (χ1) is 22.4. The maximum absolute atomic E-state index is 13.2. The van der Waals surface area contributed by atoms with Gasteiger partial charge in [-0.25, -0.2) is 0 Å². The number of hydrogen-bond donors (Lipinski definition) is 0. The van der Waals surface area contributed by atoms with Crippen molar-refractivity contribution in [2.45, 2.75) is 0 Å². The molecule has 3 aromatic carbocycles. The number of methoxy groups -OCH3 is 6. The van der Waals surface area contributed by atoms with Gasteiger partial charge in [0, 0.05) is 25.2 Å². The summed E-state index contributed by atoms with van der Waals surface area (Å²) in [5.74, 6) is 2.77. The molecule has 10 nitrogen and oxygen atoms in total. The van der Waals surface area contributed by atoms with Gasteiger partial charge >= 0.3 is 0 Å². The molecule has 2 amide bonds. The Labute approximate surface area is 269 Å². The van der Waals surface area contributed by atoms with Crippen LogP contribution in [0.5, 0.6) is 34.5 Å². The van der Waals surface area contributed by atoms with E-state index < -0.39 is 0 Å². The lowest BCUT2D eigenvalue weighted by Crippen LogP contribution is -2.45. The van der Waals surface area contributed by atoms with Gasteiger partial charge in [-0.05, 0) is 47.5 Å². The van der Waals surface area contributed by atoms with Gasteiger partial charge in [-0.1, -0.05) is 48.6 Å². The standard InChI is InChI=1S/C36H38N2O8/c1-41-29-21-25(22-30(42-2)35(29)45-5)13-7-11-17-33(39)37-19-20-38(28-16-10-9-15-27(28)37)34(40)18-12-8-14-26-23-31(43-3)36(46-6)32(24-26)44-4/h7-18,21-24H,19-20H2,1-6H3/b13-7+,14-8+,17-11+,18-12+. The Morgan fingerprint density at radius 3 is 1.20 bits per heavy atom. The minimum Gasteiger partial charge on any atom is -0.493 e. The number of rotatable bonds is 12. The van der Waals surface area contributed by atoms with E-state index in [4.69, 9.17) is 28.4 Å². The lowest BCUT2D eigenvalue weighted by Gasteiger charge is -2.35. The van der Waals surface area contributed by atoms with Crippen LogP contribution in [0.4, 0.5) is 11.4 Å². The highest BCUT2D eigenvalue weighted by molar-refractivity contribution is 6.10. The molecule has 1 heterocycles. The van der Waals surface area contributed by atoms with Crippen molar-refractivity contribution in [1.82, 2.24) is 0 Å². The molecule has 0 N–H and O–H groups in total. The Morgan fingerprint density at radius 1 is 0.543 bits per heavy atom. The number of carbonyl (C=O) groups is 2. The molecule has 10 heteroatoms. The van der Waals surface area contributed by atoms with Crippen LogP contribution >= 0.6 is 0 Å². The van der Waals surface area contributed by atoms with Crippen LogP contribution in [0.15, 0.2) is 85.0 Å². The molecule has 1 aliphatic rings. The van der Waals surface area contributed by atoms with Gasteiger partial charge in [0.15, 0.2) is 23.0 Å². The summed E-state index contributed by atoms with van der Waals surface area (Å²) < 4.78 is 32.4. The summed E-state index contributed by atoms with van der Waals surface area (Å²) >= 11 is 0. The van der Waals surface area contributed by atoms with Crippen molar-refractivity contribution < 1.29 is 38.0 Å². The van der Waals surface area contributed by atoms with E-state index in [1.807, 2.05) is 60.7 Å². The highest BCUT2D eigenvalue weighted by atomic mass is 16.5. The van der Waals surface area contributed by atoms with E-state index in [1.54, 1.807) is 76.8 Å². The zero-order chi connectivity index (χ0) is 33.1. The third kappa shape index (κ3) is 7.52. The van der Waals surface area contributed by atoms with E-state index in [1.165, 1.54) is 12.2 Å². The van der Waals surface area contributed by atoms with E-state index in [9.17, 15) is 9.59 Å². The van der Waals surface area contributed by atoms with Gasteiger partial charge in [0.2, 0.25) is 11.5 Å². The van der Waals surface area contributed by atoms with E-state index in [-0.39, 0.29) is 11.8 Å². The molecule has 0 unspecified atom stereocenters. The molecule has 0 radical (unpaired) electrons. The molecular formula is C36H38N2O8. The van der Waals surface area contributed by atoms with Crippen molar-refractivity contribution in [3.63, 3.8) is 0 Å². The molecule has 0 spiro atoms. The Bertz CT molecular complexity index is 1500. The number of benzene rings is 3. The average molecular weight is 627 g/mol. The van der Waals surface area contributed by atoms with Crippen molar-refractivity contribution in [2.75, 3.05) is 65.5 Å². The summed E-state index contributed by atoms with van der Waals surface area (Å²) in [5, 5.41) is 0. The molecule has 1 aliphatic heterocycles. The fourth-order valence-electron chi connectivity index (χ4n) is 5.00. The van der Waals surface area contributed by atoms with Crippen LogP contribution in [-0.4, -0.2) is 67.6 Å². The SMILES string of the molecule is COc1cc(/C=C/C=C/C(=O)N2CCN(C(=O)/C=C/C=C/c3cc(OC)c(OC)c(OC)c3)c3ccccc32)cc(OC)c1OC. The van der Waals surface area contributed by atoms with Crippen LogP contribution in [-0.2, 0) is 9.59 Å². The first-order valence-electron chi connectivity index (χ1n) is 14.4. The first kappa shape index (κ1) is 33.3. The first-order valence-corrected chi connectivity index (χ1v) is 14.4. The van der Waals surface area contributed by atoms with Crippen molar-refractivity contribution in [3.05, 3.63) is 96.1 Å². The van der Waals surface area contributed by atoms with Gasteiger partial charge in [0.25, 0.3) is 11.8 Å². The molecule has 0 saturated carbocycles. The second-order valence-corrected chi connectivity index (χ2v) is 9.82. The topological polar surface area (TPSA) is 96.0 Å². The molecule has 0 atom stereocenters. The van der Waals surface area contributed by atoms with Crippen LogP contribution in [0.25, 0.3) is 12.2 Å². The highest BCUT2D eigenvalue weighted by Gasteiger charge is 2.28. The number of allylic oxidation sites excluding steroid dienone is 4. The predicted octanol–water partition coefficient (Wildman–Crippen LogP) is 5.96. The predicted molar refractivity (Wildman–Crippen MR) is 180 cm³/mol. The summed E-state index contributed by atoms with van der Waals surface area (Å²) in [6.07, 6.45) is 13.5. The molecule has 240 valence electrons. The van der Waals surface area contributed by atoms with Gasteiger partial charge in [-0.3, -0.25) is 9.59 Å². The Balaban J connectivity index is 1.44. The Hall–Kier alpha value is -5.64. The molecular weight excluding hydrogens is 588 g/mol. The summed E-state index contributed by atoms with van der Waals surface area (Å²) in [5.41, 5.74) is 2.95. The van der Waals surface area contributed by atoms with E-state index in [0.717, 1.165) is 11.1 Å². The molecule has 46 heavy (non-hydrogen) atoms. The van der Waals surface area contributed by atoms with E-state index in [2.05, 4.69) is 0 Å². The van der Waals surface area contributed by atoms with Gasteiger partial charge in [-0.2, -0.15) is 0 Å². The van der Waals surface area contributed by atoms with Crippen LogP contribution in [0, 0.1) is 0 Å². The molecule has 0 aromatic heterocycles. The van der Waals surface area contributed by atoms with E-state index >= 15 is 0 Å². The van der Waals surface area contributed by atoms with Crippen molar-refractivity contribution in [2.24, 2.45) is 0 Å². The summed E-state index contributed by atoms with van der Waals surface area (Å²) in [6, 6.07) is 14.6. The minimum atomic E-state index is -0.196. The Morgan fingerprint density at radius 2 is 0.891 bits per heavy atom. The number of ether oxygens (including phenoxy) is 6. The molecule has 0 saturated heterocycles. The molecule has 0 fully saturated rings. The number of anilines is 2. The van der Waals surface area contributed by atoms with Gasteiger partial charge in [-0.15, -0.1) is 0 Å². The maximum atomic E-state index is 13.2. The van der Waals surface area contributed by atoms with E-state index in [0.29, 0.717) is 59.0 Å². The van der Waals surface area contributed by atoms with Crippen LogP contribution in [0.3, 0.4) is 0 Å². The largest absolute Gasteiger partial charge is 0.493 e. The zero-order valence-corrected chi connectivity index (χ0v) is 26.8. The number of para-hydroxylation sites is 2. The van der Waals surface area contributed by atoms with Crippen LogP contribution < -0.4 is 38.2 Å². The number of nitrogens with zero attached hydrogens (tertiary/aromatic N) is 2. The van der Waals surface area contributed by atoms with Crippen LogP contribution in [0.1, 0.15) is 11.1 Å².